The normalized spacial score (nSPS) is 15.2. The molecule has 3 rings (SSSR count). The molecule has 3 heteroatoms. The highest BCUT2D eigenvalue weighted by Gasteiger charge is 2.14. The largest absolute Gasteiger partial charge is 0.324 e. The highest BCUT2D eigenvalue weighted by molar-refractivity contribution is 6.33. The van der Waals surface area contributed by atoms with Crippen molar-refractivity contribution in [3.63, 3.8) is 0 Å². The first-order valence-corrected chi connectivity index (χ1v) is 7.70. The summed E-state index contributed by atoms with van der Waals surface area (Å²) in [6.45, 7) is 0. The van der Waals surface area contributed by atoms with Crippen molar-refractivity contribution >= 4 is 23.2 Å². The monoisotopic (exact) mass is 305 g/mol. The molecule has 2 N–H and O–H groups in total. The third-order valence-corrected chi connectivity index (χ3v) is 4.56. The minimum atomic E-state index is -0.124. The summed E-state index contributed by atoms with van der Waals surface area (Å²) in [5.41, 5.74) is 11.5. The smallest absolute Gasteiger partial charge is 0.0454 e. The highest BCUT2D eigenvalue weighted by atomic mass is 35.5. The van der Waals surface area contributed by atoms with E-state index in [4.69, 9.17) is 28.9 Å². The van der Waals surface area contributed by atoms with Crippen LogP contribution in [0.4, 0.5) is 0 Å². The van der Waals surface area contributed by atoms with Gasteiger partial charge >= 0.3 is 0 Å². The summed E-state index contributed by atoms with van der Waals surface area (Å²) in [6, 6.07) is 12.0. The zero-order valence-corrected chi connectivity index (χ0v) is 12.7. The molecule has 1 atom stereocenters. The number of hydrogen-bond acceptors (Lipinski definition) is 1. The van der Waals surface area contributed by atoms with E-state index in [1.165, 1.54) is 36.0 Å². The summed E-state index contributed by atoms with van der Waals surface area (Å²) in [5.74, 6) is 0. The summed E-state index contributed by atoms with van der Waals surface area (Å²) in [7, 11) is 0. The summed E-state index contributed by atoms with van der Waals surface area (Å²) in [4.78, 5) is 0. The third-order valence-electron chi connectivity index (χ3n) is 3.98. The molecule has 2 aromatic rings. The molecule has 1 aliphatic rings. The fourth-order valence-corrected chi connectivity index (χ4v) is 3.35. The van der Waals surface area contributed by atoms with Gasteiger partial charge in [-0.25, -0.2) is 0 Å². The number of hydrogen-bond donors (Lipinski definition) is 1. The van der Waals surface area contributed by atoms with E-state index in [1.54, 1.807) is 6.07 Å². The van der Waals surface area contributed by atoms with Crippen LogP contribution in [0.3, 0.4) is 0 Å². The molecule has 0 bridgehead atoms. The number of benzene rings is 2. The van der Waals surface area contributed by atoms with E-state index in [1.807, 2.05) is 12.1 Å². The lowest BCUT2D eigenvalue weighted by atomic mass is 9.97. The zero-order valence-electron chi connectivity index (χ0n) is 11.2. The van der Waals surface area contributed by atoms with Gasteiger partial charge in [-0.1, -0.05) is 41.4 Å². The second-order valence-corrected chi connectivity index (χ2v) is 6.28. The van der Waals surface area contributed by atoms with Crippen molar-refractivity contribution in [2.45, 2.75) is 31.7 Å². The van der Waals surface area contributed by atoms with Crippen LogP contribution in [0.25, 0.3) is 0 Å². The average Bonchev–Trinajstić information content (AvgIpc) is 2.89. The van der Waals surface area contributed by atoms with Crippen molar-refractivity contribution < 1.29 is 0 Å². The summed E-state index contributed by atoms with van der Waals surface area (Å²) < 4.78 is 0. The molecule has 0 saturated carbocycles. The van der Waals surface area contributed by atoms with E-state index in [-0.39, 0.29) is 6.04 Å². The Bertz CT molecular complexity index is 637. The molecule has 0 aliphatic heterocycles. The van der Waals surface area contributed by atoms with Crippen LogP contribution < -0.4 is 5.73 Å². The predicted octanol–water partition coefficient (Wildman–Crippen LogP) is 4.72. The van der Waals surface area contributed by atoms with Gasteiger partial charge in [-0.3, -0.25) is 0 Å². The van der Waals surface area contributed by atoms with Crippen molar-refractivity contribution in [1.82, 2.24) is 0 Å². The summed E-state index contributed by atoms with van der Waals surface area (Å²) in [5, 5.41) is 1.36. The molecule has 0 heterocycles. The average molecular weight is 306 g/mol. The Morgan fingerprint density at radius 1 is 1.00 bits per heavy atom. The second-order valence-electron chi connectivity index (χ2n) is 5.43. The fourth-order valence-electron chi connectivity index (χ4n) is 2.91. The predicted molar refractivity (Wildman–Crippen MR) is 85.6 cm³/mol. The Hall–Kier alpha value is -1.02. The lowest BCUT2D eigenvalue weighted by molar-refractivity contribution is 0.721. The zero-order chi connectivity index (χ0) is 14.1. The summed E-state index contributed by atoms with van der Waals surface area (Å²) >= 11 is 12.2. The van der Waals surface area contributed by atoms with Crippen molar-refractivity contribution in [1.29, 1.82) is 0 Å². The maximum atomic E-state index is 6.30. The van der Waals surface area contributed by atoms with E-state index < -0.39 is 0 Å². The number of halogens is 2. The molecule has 1 nitrogen and oxygen atoms in total. The molecule has 20 heavy (non-hydrogen) atoms. The molecule has 0 amide bonds. The minimum Gasteiger partial charge on any atom is -0.324 e. The first-order chi connectivity index (χ1) is 9.63. The van der Waals surface area contributed by atoms with Gasteiger partial charge in [0.15, 0.2) is 0 Å². The second kappa shape index (κ2) is 5.77. The van der Waals surface area contributed by atoms with Gasteiger partial charge in [-0.15, -0.1) is 0 Å². The number of rotatable bonds is 3. The topological polar surface area (TPSA) is 26.0 Å². The fraction of sp³-hybridized carbons (Fsp3) is 0.294. The molecule has 1 unspecified atom stereocenters. The van der Waals surface area contributed by atoms with Gasteiger partial charge in [0.05, 0.1) is 0 Å². The molecule has 0 fully saturated rings. The molecule has 2 aromatic carbocycles. The highest BCUT2D eigenvalue weighted by Crippen LogP contribution is 2.29. The Kier molecular flexibility index (Phi) is 4.02. The first kappa shape index (κ1) is 13.9. The molecule has 104 valence electrons. The van der Waals surface area contributed by atoms with Crippen LogP contribution >= 0.6 is 23.2 Å². The van der Waals surface area contributed by atoms with Gasteiger partial charge in [-0.05, 0) is 66.1 Å². The molecule has 0 radical (unpaired) electrons. The summed E-state index contributed by atoms with van der Waals surface area (Å²) in [6.07, 6.45) is 4.45. The number of nitrogens with two attached hydrogens (primary N) is 1. The minimum absolute atomic E-state index is 0.124. The van der Waals surface area contributed by atoms with E-state index in [0.29, 0.717) is 10.0 Å². The Morgan fingerprint density at radius 3 is 2.65 bits per heavy atom. The maximum Gasteiger partial charge on any atom is 0.0454 e. The van der Waals surface area contributed by atoms with Gasteiger partial charge in [-0.2, -0.15) is 0 Å². The van der Waals surface area contributed by atoms with Crippen LogP contribution in [0.1, 0.15) is 34.7 Å². The molecule has 0 saturated heterocycles. The lowest BCUT2D eigenvalue weighted by Crippen LogP contribution is -2.14. The Labute approximate surface area is 129 Å². The van der Waals surface area contributed by atoms with Crippen LogP contribution in [0, 0.1) is 0 Å². The van der Waals surface area contributed by atoms with Gasteiger partial charge in [0.2, 0.25) is 0 Å². The van der Waals surface area contributed by atoms with Crippen molar-refractivity contribution in [3.8, 4) is 0 Å². The van der Waals surface area contributed by atoms with Gasteiger partial charge in [0.25, 0.3) is 0 Å². The van der Waals surface area contributed by atoms with Crippen LogP contribution in [0.5, 0.6) is 0 Å². The van der Waals surface area contributed by atoms with Crippen molar-refractivity contribution in [3.05, 3.63) is 68.7 Å². The van der Waals surface area contributed by atoms with Crippen molar-refractivity contribution in [2.24, 2.45) is 5.73 Å². The van der Waals surface area contributed by atoms with Crippen LogP contribution in [0.2, 0.25) is 10.0 Å². The van der Waals surface area contributed by atoms with Gasteiger partial charge in [0.1, 0.15) is 0 Å². The SMILES string of the molecule is NC(Cc1ccc2c(c1)CCC2)c1cc(Cl)ccc1Cl. The Balaban J connectivity index is 1.82. The molecule has 0 spiro atoms. The van der Waals surface area contributed by atoms with Gasteiger partial charge in [0, 0.05) is 16.1 Å². The van der Waals surface area contributed by atoms with Crippen LogP contribution in [-0.2, 0) is 19.3 Å². The lowest BCUT2D eigenvalue weighted by Gasteiger charge is -2.15. The van der Waals surface area contributed by atoms with Crippen LogP contribution in [0.15, 0.2) is 36.4 Å². The van der Waals surface area contributed by atoms with Crippen LogP contribution in [-0.4, -0.2) is 0 Å². The molecular formula is C17H17Cl2N. The molecule has 1 aliphatic carbocycles. The standard InChI is InChI=1S/C17H17Cl2N/c18-14-6-7-16(19)15(10-14)17(20)9-11-4-5-12-2-1-3-13(12)8-11/h4-8,10,17H,1-3,9,20H2. The van der Waals surface area contributed by atoms with E-state index in [2.05, 4.69) is 18.2 Å². The number of aryl methyl sites for hydroxylation is 2. The van der Waals surface area contributed by atoms with Crippen molar-refractivity contribution in [2.75, 3.05) is 0 Å². The van der Waals surface area contributed by atoms with E-state index in [9.17, 15) is 0 Å². The number of fused-ring (bicyclic) bond motifs is 1. The first-order valence-electron chi connectivity index (χ1n) is 6.94. The quantitative estimate of drug-likeness (QED) is 0.872. The Morgan fingerprint density at radius 2 is 1.80 bits per heavy atom. The van der Waals surface area contributed by atoms with Gasteiger partial charge < -0.3 is 5.73 Å². The van der Waals surface area contributed by atoms with E-state index >= 15 is 0 Å². The third kappa shape index (κ3) is 2.85. The molecule has 0 aromatic heterocycles. The molecular weight excluding hydrogens is 289 g/mol. The van der Waals surface area contributed by atoms with E-state index in [0.717, 1.165) is 12.0 Å². The maximum absolute atomic E-state index is 6.30.